The van der Waals surface area contributed by atoms with Crippen molar-refractivity contribution in [1.29, 1.82) is 0 Å². The molecule has 0 aliphatic carbocycles. The van der Waals surface area contributed by atoms with Gasteiger partial charge in [-0.25, -0.2) is 0 Å². The molecule has 1 heterocycles. The fraction of sp³-hybridized carbons (Fsp3) is 0.0769. The molecule has 0 atom stereocenters. The molecule has 0 fully saturated rings. The summed E-state index contributed by atoms with van der Waals surface area (Å²) in [5, 5.41) is 2.73. The standard InChI is InChI=1S/C13H13N3O2/c14-11-3-1-9(2-4-11)8-16-13(18)10-5-6-15-12(17)7-10/h1-7H,8,14H2,(H,15,17)(H,16,18). The molecule has 5 nitrogen and oxygen atoms in total. The summed E-state index contributed by atoms with van der Waals surface area (Å²) in [4.78, 5) is 25.3. The molecule has 0 saturated heterocycles. The Kier molecular flexibility index (Phi) is 3.43. The molecule has 0 unspecified atom stereocenters. The number of carbonyl (C=O) groups is 1. The topological polar surface area (TPSA) is 88.0 Å². The lowest BCUT2D eigenvalue weighted by molar-refractivity contribution is 0.0950. The van der Waals surface area contributed by atoms with Gasteiger partial charge in [0, 0.05) is 30.1 Å². The first kappa shape index (κ1) is 11.9. The molecule has 0 bridgehead atoms. The number of aromatic amines is 1. The van der Waals surface area contributed by atoms with Crippen molar-refractivity contribution in [3.8, 4) is 0 Å². The van der Waals surface area contributed by atoms with Crippen molar-refractivity contribution in [3.63, 3.8) is 0 Å². The highest BCUT2D eigenvalue weighted by molar-refractivity contribution is 5.93. The van der Waals surface area contributed by atoms with Crippen molar-refractivity contribution in [1.82, 2.24) is 10.3 Å². The summed E-state index contributed by atoms with van der Waals surface area (Å²) in [5.74, 6) is -0.280. The molecule has 1 aromatic carbocycles. The lowest BCUT2D eigenvalue weighted by atomic mass is 10.2. The second-order valence-corrected chi connectivity index (χ2v) is 3.87. The molecule has 1 aromatic heterocycles. The van der Waals surface area contributed by atoms with Crippen LogP contribution in [0.5, 0.6) is 0 Å². The van der Waals surface area contributed by atoms with Crippen LogP contribution in [0.3, 0.4) is 0 Å². The maximum absolute atomic E-state index is 11.7. The molecule has 0 aliphatic heterocycles. The van der Waals surface area contributed by atoms with Gasteiger partial charge in [-0.3, -0.25) is 9.59 Å². The lowest BCUT2D eigenvalue weighted by Gasteiger charge is -2.05. The largest absolute Gasteiger partial charge is 0.399 e. The Morgan fingerprint density at radius 1 is 1.22 bits per heavy atom. The van der Waals surface area contributed by atoms with E-state index in [9.17, 15) is 9.59 Å². The van der Waals surface area contributed by atoms with Crippen LogP contribution in [0.25, 0.3) is 0 Å². The summed E-state index contributed by atoms with van der Waals surface area (Å²) in [6.45, 7) is 0.395. The quantitative estimate of drug-likeness (QED) is 0.699. The van der Waals surface area contributed by atoms with Crippen LogP contribution in [0, 0.1) is 0 Å². The number of aromatic nitrogens is 1. The number of hydrogen-bond acceptors (Lipinski definition) is 3. The van der Waals surface area contributed by atoms with Gasteiger partial charge in [0.25, 0.3) is 5.91 Å². The second kappa shape index (κ2) is 5.18. The molecule has 2 aromatic rings. The van der Waals surface area contributed by atoms with Gasteiger partial charge in [-0.05, 0) is 23.8 Å². The van der Waals surface area contributed by atoms with Crippen LogP contribution < -0.4 is 16.6 Å². The number of nitrogens with two attached hydrogens (primary N) is 1. The van der Waals surface area contributed by atoms with E-state index in [1.807, 2.05) is 12.1 Å². The maximum atomic E-state index is 11.7. The Bertz CT molecular complexity index is 602. The summed E-state index contributed by atoms with van der Waals surface area (Å²) in [6.07, 6.45) is 1.44. The highest BCUT2D eigenvalue weighted by Gasteiger charge is 2.05. The Balaban J connectivity index is 2.00. The minimum Gasteiger partial charge on any atom is -0.399 e. The third-order valence-electron chi connectivity index (χ3n) is 2.47. The number of rotatable bonds is 3. The van der Waals surface area contributed by atoms with E-state index >= 15 is 0 Å². The molecule has 0 radical (unpaired) electrons. The molecule has 2 rings (SSSR count). The molecule has 0 aliphatic rings. The fourth-order valence-electron chi connectivity index (χ4n) is 1.51. The monoisotopic (exact) mass is 243 g/mol. The Morgan fingerprint density at radius 2 is 1.94 bits per heavy atom. The van der Waals surface area contributed by atoms with Crippen molar-refractivity contribution >= 4 is 11.6 Å². The molecule has 1 amide bonds. The predicted octanol–water partition coefficient (Wildman–Crippen LogP) is 0.887. The minimum atomic E-state index is -0.296. The number of pyridine rings is 1. The zero-order valence-corrected chi connectivity index (χ0v) is 9.64. The van der Waals surface area contributed by atoms with Gasteiger partial charge in [-0.15, -0.1) is 0 Å². The molecule has 92 valence electrons. The van der Waals surface area contributed by atoms with Gasteiger partial charge in [0.2, 0.25) is 5.56 Å². The van der Waals surface area contributed by atoms with Crippen LogP contribution in [-0.2, 0) is 6.54 Å². The third-order valence-corrected chi connectivity index (χ3v) is 2.47. The molecule has 4 N–H and O–H groups in total. The van der Waals surface area contributed by atoms with E-state index in [2.05, 4.69) is 10.3 Å². The summed E-state index contributed by atoms with van der Waals surface area (Å²) in [6, 6.07) is 10.0. The van der Waals surface area contributed by atoms with Crippen LogP contribution >= 0.6 is 0 Å². The number of carbonyl (C=O) groups excluding carboxylic acids is 1. The summed E-state index contributed by atoms with van der Waals surface area (Å²) in [7, 11) is 0. The number of benzene rings is 1. The first-order valence-electron chi connectivity index (χ1n) is 5.46. The van der Waals surface area contributed by atoms with Crippen molar-refractivity contribution in [2.24, 2.45) is 0 Å². The lowest BCUT2D eigenvalue weighted by Crippen LogP contribution is -2.24. The Morgan fingerprint density at radius 3 is 2.61 bits per heavy atom. The number of nitrogen functional groups attached to an aromatic ring is 1. The third kappa shape index (κ3) is 2.98. The minimum absolute atomic E-state index is 0.280. The van der Waals surface area contributed by atoms with Crippen LogP contribution in [-0.4, -0.2) is 10.9 Å². The van der Waals surface area contributed by atoms with Crippen molar-refractivity contribution in [3.05, 3.63) is 64.1 Å². The van der Waals surface area contributed by atoms with E-state index in [0.717, 1.165) is 5.56 Å². The zero-order chi connectivity index (χ0) is 13.0. The number of amides is 1. The number of hydrogen-bond donors (Lipinski definition) is 3. The first-order valence-corrected chi connectivity index (χ1v) is 5.46. The van der Waals surface area contributed by atoms with Gasteiger partial charge in [0.1, 0.15) is 0 Å². The molecule has 5 heteroatoms. The predicted molar refractivity (Wildman–Crippen MR) is 69.1 cm³/mol. The normalized spacial score (nSPS) is 10.0. The first-order chi connectivity index (χ1) is 8.65. The number of anilines is 1. The van der Waals surface area contributed by atoms with E-state index in [-0.39, 0.29) is 11.5 Å². The van der Waals surface area contributed by atoms with Crippen LogP contribution in [0.4, 0.5) is 5.69 Å². The average molecular weight is 243 g/mol. The van der Waals surface area contributed by atoms with Crippen molar-refractivity contribution < 1.29 is 4.79 Å². The summed E-state index contributed by atoms with van der Waals surface area (Å²) >= 11 is 0. The average Bonchev–Trinajstić information content (AvgIpc) is 2.38. The molecular weight excluding hydrogens is 230 g/mol. The van der Waals surface area contributed by atoms with E-state index in [0.29, 0.717) is 17.8 Å². The summed E-state index contributed by atoms with van der Waals surface area (Å²) in [5.41, 5.74) is 7.24. The van der Waals surface area contributed by atoms with Gasteiger partial charge >= 0.3 is 0 Å². The molecule has 0 saturated carbocycles. The van der Waals surface area contributed by atoms with Gasteiger partial charge < -0.3 is 16.0 Å². The Labute approximate surface area is 104 Å². The van der Waals surface area contributed by atoms with Gasteiger partial charge in [-0.2, -0.15) is 0 Å². The van der Waals surface area contributed by atoms with Crippen LogP contribution in [0.1, 0.15) is 15.9 Å². The summed E-state index contributed by atoms with van der Waals surface area (Å²) < 4.78 is 0. The fourth-order valence-corrected chi connectivity index (χ4v) is 1.51. The smallest absolute Gasteiger partial charge is 0.251 e. The van der Waals surface area contributed by atoms with Crippen molar-refractivity contribution in [2.45, 2.75) is 6.54 Å². The van der Waals surface area contributed by atoms with E-state index < -0.39 is 0 Å². The molecule has 18 heavy (non-hydrogen) atoms. The molecule has 0 spiro atoms. The zero-order valence-electron chi connectivity index (χ0n) is 9.64. The highest BCUT2D eigenvalue weighted by atomic mass is 16.2. The number of nitrogens with one attached hydrogen (secondary N) is 2. The Hall–Kier alpha value is -2.56. The van der Waals surface area contributed by atoms with Gasteiger partial charge in [0.15, 0.2) is 0 Å². The van der Waals surface area contributed by atoms with E-state index in [1.54, 1.807) is 18.2 Å². The van der Waals surface area contributed by atoms with Crippen molar-refractivity contribution in [2.75, 3.05) is 5.73 Å². The van der Waals surface area contributed by atoms with Crippen LogP contribution in [0.15, 0.2) is 47.4 Å². The maximum Gasteiger partial charge on any atom is 0.251 e. The highest BCUT2D eigenvalue weighted by Crippen LogP contribution is 2.05. The van der Waals surface area contributed by atoms with Gasteiger partial charge in [0.05, 0.1) is 0 Å². The van der Waals surface area contributed by atoms with Gasteiger partial charge in [-0.1, -0.05) is 12.1 Å². The van der Waals surface area contributed by atoms with E-state index in [4.69, 9.17) is 5.73 Å². The van der Waals surface area contributed by atoms with E-state index in [1.165, 1.54) is 12.3 Å². The van der Waals surface area contributed by atoms with Crippen LogP contribution in [0.2, 0.25) is 0 Å². The number of H-pyrrole nitrogens is 1. The molecular formula is C13H13N3O2. The SMILES string of the molecule is Nc1ccc(CNC(=O)c2cc[nH]c(=O)c2)cc1. The second-order valence-electron chi connectivity index (χ2n) is 3.87.